The van der Waals surface area contributed by atoms with E-state index in [1.165, 1.54) is 0 Å². The minimum atomic E-state index is -1.06. The molecule has 0 heterocycles. The van der Waals surface area contributed by atoms with Gasteiger partial charge in [-0.15, -0.1) is 0 Å². The molecule has 0 rings (SSSR count). The first-order chi connectivity index (χ1) is 6.97. The number of ether oxygens (including phenoxy) is 2. The summed E-state index contributed by atoms with van der Waals surface area (Å²) >= 11 is 0. The number of rotatable bonds is 5. The fraction of sp³-hybridized carbons (Fsp3) is 0.667. The molecular formula is C9H16NO5. The summed E-state index contributed by atoms with van der Waals surface area (Å²) in [7, 11) is 0. The van der Waals surface area contributed by atoms with Gasteiger partial charge >= 0.3 is 12.1 Å². The Morgan fingerprint density at radius 3 is 2.47 bits per heavy atom. The summed E-state index contributed by atoms with van der Waals surface area (Å²) < 4.78 is 9.02. The Hall–Kier alpha value is -1.30. The third kappa shape index (κ3) is 6.73. The zero-order chi connectivity index (χ0) is 11.8. The molecule has 1 amide bonds. The van der Waals surface area contributed by atoms with E-state index >= 15 is 0 Å². The summed E-state index contributed by atoms with van der Waals surface area (Å²) in [5.41, 5.74) is 0. The van der Waals surface area contributed by atoms with E-state index in [2.05, 4.69) is 21.7 Å². The van der Waals surface area contributed by atoms with Gasteiger partial charge in [0.1, 0.15) is 6.23 Å². The maximum Gasteiger partial charge on any atom is 0.412 e. The second-order valence-electron chi connectivity index (χ2n) is 3.12. The molecule has 0 aliphatic rings. The SMILES string of the molecule is [CH2]CC(O)NC(=O)OCOC(=O)C(C)C. The van der Waals surface area contributed by atoms with Crippen LogP contribution in [0.3, 0.4) is 0 Å². The van der Waals surface area contributed by atoms with Crippen molar-refractivity contribution in [2.75, 3.05) is 6.79 Å². The van der Waals surface area contributed by atoms with Crippen LogP contribution in [0.1, 0.15) is 20.3 Å². The van der Waals surface area contributed by atoms with Crippen molar-refractivity contribution in [1.82, 2.24) is 5.32 Å². The molecule has 6 heteroatoms. The number of aliphatic hydroxyl groups excluding tert-OH is 1. The second-order valence-corrected chi connectivity index (χ2v) is 3.12. The summed E-state index contributed by atoms with van der Waals surface area (Å²) in [6.07, 6.45) is -1.79. The topological polar surface area (TPSA) is 84.9 Å². The number of hydrogen-bond donors (Lipinski definition) is 2. The Kier molecular flexibility index (Phi) is 6.44. The predicted molar refractivity (Wildman–Crippen MR) is 51.4 cm³/mol. The van der Waals surface area contributed by atoms with Crippen LogP contribution < -0.4 is 5.32 Å². The van der Waals surface area contributed by atoms with Crippen molar-refractivity contribution in [3.63, 3.8) is 0 Å². The van der Waals surface area contributed by atoms with Crippen molar-refractivity contribution in [2.45, 2.75) is 26.5 Å². The van der Waals surface area contributed by atoms with E-state index in [0.717, 1.165) is 0 Å². The van der Waals surface area contributed by atoms with Gasteiger partial charge < -0.3 is 14.6 Å². The predicted octanol–water partition coefficient (Wildman–Crippen LogP) is 0.412. The highest BCUT2D eigenvalue weighted by Gasteiger charge is 2.10. The molecule has 2 N–H and O–H groups in total. The van der Waals surface area contributed by atoms with Gasteiger partial charge in [-0.25, -0.2) is 4.79 Å². The maximum atomic E-state index is 10.9. The fourth-order valence-corrected chi connectivity index (χ4v) is 0.558. The van der Waals surface area contributed by atoms with Gasteiger partial charge in [0.25, 0.3) is 0 Å². The van der Waals surface area contributed by atoms with Gasteiger partial charge in [-0.1, -0.05) is 13.8 Å². The van der Waals surface area contributed by atoms with E-state index in [1.807, 2.05) is 0 Å². The molecule has 0 aromatic carbocycles. The molecule has 0 aliphatic heterocycles. The lowest BCUT2D eigenvalue weighted by Crippen LogP contribution is -2.35. The number of carbonyl (C=O) groups excluding carboxylic acids is 2. The van der Waals surface area contributed by atoms with Crippen molar-refractivity contribution in [1.29, 1.82) is 0 Å². The number of hydrogen-bond acceptors (Lipinski definition) is 5. The summed E-state index contributed by atoms with van der Waals surface area (Å²) in [6.45, 7) is 6.22. The minimum absolute atomic E-state index is 0.126. The molecule has 87 valence electrons. The standard InChI is InChI=1S/C9H16NO5/c1-4-7(11)10-9(13)15-5-14-8(12)6(2)3/h6-7,11H,1,4-5H2,2-3H3,(H,10,13). The zero-order valence-electron chi connectivity index (χ0n) is 8.86. The quantitative estimate of drug-likeness (QED) is 0.515. The molecule has 6 nitrogen and oxygen atoms in total. The summed E-state index contributed by atoms with van der Waals surface area (Å²) in [6, 6.07) is 0. The molecule has 0 saturated heterocycles. The van der Waals surface area contributed by atoms with Gasteiger partial charge in [0, 0.05) is 0 Å². The molecule has 15 heavy (non-hydrogen) atoms. The van der Waals surface area contributed by atoms with Crippen LogP contribution in [0.25, 0.3) is 0 Å². The lowest BCUT2D eigenvalue weighted by Gasteiger charge is -2.11. The van der Waals surface area contributed by atoms with Crippen LogP contribution in [0.2, 0.25) is 0 Å². The van der Waals surface area contributed by atoms with Crippen LogP contribution in [0.5, 0.6) is 0 Å². The monoisotopic (exact) mass is 218 g/mol. The Balaban J connectivity index is 3.60. The first-order valence-corrected chi connectivity index (χ1v) is 4.54. The van der Waals surface area contributed by atoms with Crippen molar-refractivity contribution in [3.05, 3.63) is 6.92 Å². The molecule has 0 bridgehead atoms. The van der Waals surface area contributed by atoms with E-state index in [1.54, 1.807) is 13.8 Å². The van der Waals surface area contributed by atoms with Crippen molar-refractivity contribution in [2.24, 2.45) is 5.92 Å². The lowest BCUT2D eigenvalue weighted by atomic mass is 10.2. The Morgan fingerprint density at radius 1 is 1.40 bits per heavy atom. The zero-order valence-corrected chi connectivity index (χ0v) is 8.86. The van der Waals surface area contributed by atoms with Crippen LogP contribution in [-0.2, 0) is 14.3 Å². The second kappa shape index (κ2) is 7.05. The summed E-state index contributed by atoms with van der Waals surface area (Å²) in [5, 5.41) is 11.0. The highest BCUT2D eigenvalue weighted by molar-refractivity contribution is 5.71. The molecule has 1 atom stereocenters. The number of alkyl carbamates (subject to hydrolysis) is 1. The first kappa shape index (κ1) is 13.7. The summed E-state index contributed by atoms with van der Waals surface area (Å²) in [5.74, 6) is -0.734. The number of aliphatic hydroxyl groups is 1. The smallest absolute Gasteiger partial charge is 0.412 e. The normalized spacial score (nSPS) is 12.1. The highest BCUT2D eigenvalue weighted by atomic mass is 16.7. The average Bonchev–Trinajstić information content (AvgIpc) is 2.17. The van der Waals surface area contributed by atoms with Crippen LogP contribution in [0.4, 0.5) is 4.79 Å². The van der Waals surface area contributed by atoms with E-state index in [4.69, 9.17) is 5.11 Å². The fourth-order valence-electron chi connectivity index (χ4n) is 0.558. The molecule has 0 fully saturated rings. The van der Waals surface area contributed by atoms with Gasteiger partial charge in [-0.2, -0.15) is 0 Å². The molecule has 0 saturated carbocycles. The number of carbonyl (C=O) groups is 2. The maximum absolute atomic E-state index is 10.9. The van der Waals surface area contributed by atoms with Gasteiger partial charge in [0.15, 0.2) is 0 Å². The van der Waals surface area contributed by atoms with Gasteiger partial charge in [0.2, 0.25) is 6.79 Å². The van der Waals surface area contributed by atoms with Gasteiger partial charge in [-0.3, -0.25) is 10.1 Å². The number of nitrogens with one attached hydrogen (secondary N) is 1. The van der Waals surface area contributed by atoms with E-state index in [9.17, 15) is 9.59 Å². The van der Waals surface area contributed by atoms with Crippen LogP contribution in [0.15, 0.2) is 0 Å². The largest absolute Gasteiger partial charge is 0.428 e. The van der Waals surface area contributed by atoms with E-state index in [0.29, 0.717) is 0 Å². The Morgan fingerprint density at radius 2 is 2.00 bits per heavy atom. The van der Waals surface area contributed by atoms with E-state index < -0.39 is 25.1 Å². The van der Waals surface area contributed by atoms with Crippen molar-refractivity contribution < 1.29 is 24.2 Å². The lowest BCUT2D eigenvalue weighted by molar-refractivity contribution is -0.155. The third-order valence-corrected chi connectivity index (χ3v) is 1.42. The molecule has 1 radical (unpaired) electrons. The molecular weight excluding hydrogens is 202 g/mol. The molecule has 0 aromatic rings. The first-order valence-electron chi connectivity index (χ1n) is 4.54. The van der Waals surface area contributed by atoms with Gasteiger partial charge in [0.05, 0.1) is 5.92 Å². The van der Waals surface area contributed by atoms with Gasteiger partial charge in [-0.05, 0) is 13.3 Å². The van der Waals surface area contributed by atoms with E-state index in [-0.39, 0.29) is 12.3 Å². The Bertz CT molecular complexity index is 217. The van der Waals surface area contributed by atoms with Crippen molar-refractivity contribution >= 4 is 12.1 Å². The minimum Gasteiger partial charge on any atom is -0.428 e. The third-order valence-electron chi connectivity index (χ3n) is 1.42. The number of esters is 1. The highest BCUT2D eigenvalue weighted by Crippen LogP contribution is 1.95. The molecule has 0 aliphatic carbocycles. The van der Waals surface area contributed by atoms with Crippen molar-refractivity contribution in [3.8, 4) is 0 Å². The van der Waals surface area contributed by atoms with Crippen LogP contribution in [0, 0.1) is 12.8 Å². The molecule has 1 unspecified atom stereocenters. The Labute approximate surface area is 88.6 Å². The van der Waals surface area contributed by atoms with Crippen LogP contribution >= 0.6 is 0 Å². The van der Waals surface area contributed by atoms with Crippen LogP contribution in [-0.4, -0.2) is 30.2 Å². The summed E-state index contributed by atoms with van der Waals surface area (Å²) in [4.78, 5) is 21.8. The molecule has 0 spiro atoms. The number of amides is 1. The molecule has 0 aromatic heterocycles. The average molecular weight is 218 g/mol.